The van der Waals surface area contributed by atoms with E-state index in [1.165, 1.54) is 12.8 Å². The average molecular weight is 263 g/mol. The quantitative estimate of drug-likeness (QED) is 0.672. The van der Waals surface area contributed by atoms with Crippen LogP contribution in [0, 0.1) is 0 Å². The first-order valence-electron chi connectivity index (χ1n) is 7.32. The lowest BCUT2D eigenvalue weighted by Crippen LogP contribution is -2.47. The second kappa shape index (κ2) is 7.04. The van der Waals surface area contributed by atoms with E-state index in [2.05, 4.69) is 24.4 Å². The molecule has 3 heteroatoms. The van der Waals surface area contributed by atoms with Crippen molar-refractivity contribution in [2.45, 2.75) is 44.2 Å². The Bertz CT molecular complexity index is 364. The molecule has 1 atom stereocenters. The van der Waals surface area contributed by atoms with Gasteiger partial charge in [-0.25, -0.2) is 0 Å². The summed E-state index contributed by atoms with van der Waals surface area (Å²) in [5, 5.41) is 13.6. The van der Waals surface area contributed by atoms with Crippen molar-refractivity contribution in [1.82, 2.24) is 5.32 Å². The van der Waals surface area contributed by atoms with Crippen LogP contribution < -0.4 is 5.32 Å². The normalized spacial score (nSPS) is 18.2. The molecule has 1 aromatic rings. The van der Waals surface area contributed by atoms with Gasteiger partial charge < -0.3 is 15.2 Å². The Morgan fingerprint density at radius 3 is 2.58 bits per heavy atom. The maximum atomic E-state index is 9.95. The van der Waals surface area contributed by atoms with Crippen LogP contribution in [0.4, 0.5) is 0 Å². The van der Waals surface area contributed by atoms with Gasteiger partial charge in [0.15, 0.2) is 0 Å². The topological polar surface area (TPSA) is 41.5 Å². The summed E-state index contributed by atoms with van der Waals surface area (Å²) < 4.78 is 5.61. The number of hydrogen-bond acceptors (Lipinski definition) is 3. The highest BCUT2D eigenvalue weighted by molar-refractivity contribution is 5.25. The van der Waals surface area contributed by atoms with Gasteiger partial charge in [-0.15, -0.1) is 0 Å². The minimum absolute atomic E-state index is 0.114. The van der Waals surface area contributed by atoms with Gasteiger partial charge in [0, 0.05) is 19.3 Å². The fraction of sp³-hybridized carbons (Fsp3) is 0.625. The van der Waals surface area contributed by atoms with Crippen LogP contribution in [0.25, 0.3) is 0 Å². The molecule has 3 nitrogen and oxygen atoms in total. The summed E-state index contributed by atoms with van der Waals surface area (Å²) in [5.41, 5.74) is 0.806. The standard InChI is InChI=1S/C16H25NO2/c1-2-11-19-12-10-16(13-18,17-15-8-9-15)14-6-4-3-5-7-14/h3-7,15,17-18H,2,8-13H2,1H3. The summed E-state index contributed by atoms with van der Waals surface area (Å²) in [4.78, 5) is 0. The maximum Gasteiger partial charge on any atom is 0.0693 e. The van der Waals surface area contributed by atoms with Crippen LogP contribution in [0.2, 0.25) is 0 Å². The average Bonchev–Trinajstić information content (AvgIpc) is 3.27. The van der Waals surface area contributed by atoms with Crippen molar-refractivity contribution in [2.75, 3.05) is 19.8 Å². The monoisotopic (exact) mass is 263 g/mol. The van der Waals surface area contributed by atoms with Gasteiger partial charge >= 0.3 is 0 Å². The molecule has 106 valence electrons. The summed E-state index contributed by atoms with van der Waals surface area (Å²) >= 11 is 0. The summed E-state index contributed by atoms with van der Waals surface area (Å²) in [6, 6.07) is 10.8. The van der Waals surface area contributed by atoms with Gasteiger partial charge in [0.2, 0.25) is 0 Å². The van der Waals surface area contributed by atoms with Crippen molar-refractivity contribution < 1.29 is 9.84 Å². The van der Waals surface area contributed by atoms with E-state index in [4.69, 9.17) is 4.74 Å². The zero-order valence-corrected chi connectivity index (χ0v) is 11.8. The first kappa shape index (κ1) is 14.5. The molecular formula is C16H25NO2. The van der Waals surface area contributed by atoms with Crippen LogP contribution in [0.5, 0.6) is 0 Å². The Labute approximate surface area is 116 Å². The molecule has 0 amide bonds. The Morgan fingerprint density at radius 1 is 1.26 bits per heavy atom. The number of ether oxygens (including phenoxy) is 1. The van der Waals surface area contributed by atoms with E-state index in [9.17, 15) is 5.11 Å². The minimum atomic E-state index is -0.351. The van der Waals surface area contributed by atoms with Crippen molar-refractivity contribution in [2.24, 2.45) is 0 Å². The van der Waals surface area contributed by atoms with E-state index in [1.807, 2.05) is 18.2 Å². The lowest BCUT2D eigenvalue weighted by atomic mass is 9.87. The second-order valence-corrected chi connectivity index (χ2v) is 5.39. The van der Waals surface area contributed by atoms with Gasteiger partial charge in [0.1, 0.15) is 0 Å². The van der Waals surface area contributed by atoms with Crippen LogP contribution in [-0.4, -0.2) is 31.0 Å². The van der Waals surface area contributed by atoms with Crippen LogP contribution >= 0.6 is 0 Å². The zero-order chi connectivity index (χ0) is 13.6. The van der Waals surface area contributed by atoms with E-state index in [1.54, 1.807) is 0 Å². The predicted octanol–water partition coefficient (Wildman–Crippen LogP) is 2.44. The summed E-state index contributed by atoms with van der Waals surface area (Å²) in [5.74, 6) is 0. The first-order valence-corrected chi connectivity index (χ1v) is 7.32. The van der Waals surface area contributed by atoms with E-state index in [0.717, 1.165) is 25.0 Å². The molecule has 1 aromatic carbocycles. The number of hydrogen-bond donors (Lipinski definition) is 2. The van der Waals surface area contributed by atoms with Gasteiger partial charge in [-0.1, -0.05) is 37.3 Å². The fourth-order valence-electron chi connectivity index (χ4n) is 2.38. The molecule has 0 radical (unpaired) electrons. The van der Waals surface area contributed by atoms with Crippen LogP contribution in [0.1, 0.15) is 38.2 Å². The molecule has 0 heterocycles. The number of rotatable bonds is 9. The van der Waals surface area contributed by atoms with Crippen molar-refractivity contribution in [1.29, 1.82) is 0 Å². The summed E-state index contributed by atoms with van der Waals surface area (Å²) in [6.07, 6.45) is 4.27. The molecule has 1 fully saturated rings. The van der Waals surface area contributed by atoms with Gasteiger partial charge in [0.05, 0.1) is 12.1 Å². The lowest BCUT2D eigenvalue weighted by molar-refractivity contribution is 0.0780. The second-order valence-electron chi connectivity index (χ2n) is 5.39. The van der Waals surface area contributed by atoms with E-state index < -0.39 is 0 Å². The van der Waals surface area contributed by atoms with Crippen molar-refractivity contribution >= 4 is 0 Å². The minimum Gasteiger partial charge on any atom is -0.394 e. The van der Waals surface area contributed by atoms with Crippen molar-refractivity contribution in [3.8, 4) is 0 Å². The fourth-order valence-corrected chi connectivity index (χ4v) is 2.38. The molecule has 1 saturated carbocycles. The smallest absolute Gasteiger partial charge is 0.0693 e. The van der Waals surface area contributed by atoms with Crippen molar-refractivity contribution in [3.63, 3.8) is 0 Å². The summed E-state index contributed by atoms with van der Waals surface area (Å²) in [6.45, 7) is 3.70. The Hall–Kier alpha value is -0.900. The highest BCUT2D eigenvalue weighted by Crippen LogP contribution is 2.31. The molecule has 0 spiro atoms. The first-order chi connectivity index (χ1) is 9.30. The molecule has 0 aromatic heterocycles. The van der Waals surface area contributed by atoms with Gasteiger partial charge in [-0.05, 0) is 31.2 Å². The lowest BCUT2D eigenvalue weighted by Gasteiger charge is -2.34. The van der Waals surface area contributed by atoms with Crippen LogP contribution in [0.3, 0.4) is 0 Å². The van der Waals surface area contributed by atoms with Gasteiger partial charge in [0.25, 0.3) is 0 Å². The zero-order valence-electron chi connectivity index (χ0n) is 11.8. The predicted molar refractivity (Wildman–Crippen MR) is 77.1 cm³/mol. The van der Waals surface area contributed by atoms with E-state index in [0.29, 0.717) is 12.6 Å². The highest BCUT2D eigenvalue weighted by Gasteiger charge is 2.36. The molecule has 2 rings (SSSR count). The molecule has 2 N–H and O–H groups in total. The molecule has 19 heavy (non-hydrogen) atoms. The number of benzene rings is 1. The number of aliphatic hydroxyl groups is 1. The molecular weight excluding hydrogens is 238 g/mol. The molecule has 1 unspecified atom stereocenters. The molecule has 1 aliphatic rings. The highest BCUT2D eigenvalue weighted by atomic mass is 16.5. The van der Waals surface area contributed by atoms with E-state index in [-0.39, 0.29) is 12.1 Å². The third kappa shape index (κ3) is 4.03. The molecule has 0 aliphatic heterocycles. The molecule has 0 bridgehead atoms. The third-order valence-electron chi connectivity index (χ3n) is 3.68. The molecule has 0 saturated heterocycles. The summed E-state index contributed by atoms with van der Waals surface area (Å²) in [7, 11) is 0. The molecule has 1 aliphatic carbocycles. The Balaban J connectivity index is 2.06. The van der Waals surface area contributed by atoms with Crippen molar-refractivity contribution in [3.05, 3.63) is 35.9 Å². The van der Waals surface area contributed by atoms with Crippen LogP contribution in [0.15, 0.2) is 30.3 Å². The third-order valence-corrected chi connectivity index (χ3v) is 3.68. The largest absolute Gasteiger partial charge is 0.394 e. The van der Waals surface area contributed by atoms with Crippen LogP contribution in [-0.2, 0) is 10.3 Å². The van der Waals surface area contributed by atoms with Gasteiger partial charge in [-0.3, -0.25) is 0 Å². The maximum absolute atomic E-state index is 9.95. The van der Waals surface area contributed by atoms with Gasteiger partial charge in [-0.2, -0.15) is 0 Å². The SMILES string of the molecule is CCCOCCC(CO)(NC1CC1)c1ccccc1. The Morgan fingerprint density at radius 2 is 2.00 bits per heavy atom. The van der Waals surface area contributed by atoms with E-state index >= 15 is 0 Å². The number of aliphatic hydroxyl groups excluding tert-OH is 1. The Kier molecular flexibility index (Phi) is 5.37. The number of nitrogens with one attached hydrogen (secondary N) is 1.